The molecule has 5 nitrogen and oxygen atoms in total. The first-order valence-electron chi connectivity index (χ1n) is 8.31. The summed E-state index contributed by atoms with van der Waals surface area (Å²) in [4.78, 5) is 12.7. The van der Waals surface area contributed by atoms with E-state index in [0.29, 0.717) is 30.7 Å². The number of furan rings is 1. The molecular weight excluding hydrogens is 321 g/mol. The zero-order valence-electron chi connectivity index (χ0n) is 14.3. The number of amides is 1. The summed E-state index contributed by atoms with van der Waals surface area (Å²) in [5, 5.41) is 7.45. The third kappa shape index (κ3) is 3.47. The lowest BCUT2D eigenvalue weighted by Gasteiger charge is -2.08. The molecule has 0 fully saturated rings. The maximum absolute atomic E-state index is 13.2. The zero-order chi connectivity index (χ0) is 17.8. The van der Waals surface area contributed by atoms with Gasteiger partial charge in [-0.1, -0.05) is 13.8 Å². The van der Waals surface area contributed by atoms with Crippen molar-refractivity contribution in [2.45, 2.75) is 33.2 Å². The Bertz CT molecular complexity index is 852. The molecule has 0 aliphatic heterocycles. The van der Waals surface area contributed by atoms with Crippen LogP contribution in [-0.2, 0) is 19.4 Å². The summed E-state index contributed by atoms with van der Waals surface area (Å²) in [6, 6.07) is 9.68. The molecule has 1 aromatic carbocycles. The highest BCUT2D eigenvalue weighted by molar-refractivity contribution is 5.96. The Hall–Kier alpha value is -2.89. The molecule has 0 saturated carbocycles. The number of nitrogens with one attached hydrogen (secondary N) is 1. The Morgan fingerprint density at radius 2 is 1.96 bits per heavy atom. The maximum atomic E-state index is 13.2. The first-order valence-corrected chi connectivity index (χ1v) is 8.31. The second-order valence-electron chi connectivity index (χ2n) is 5.63. The molecule has 0 aliphatic rings. The maximum Gasteiger partial charge on any atom is 0.255 e. The van der Waals surface area contributed by atoms with E-state index in [9.17, 15) is 9.18 Å². The average Bonchev–Trinajstić information content (AvgIpc) is 3.27. The number of hydrogen-bond donors (Lipinski definition) is 1. The highest BCUT2D eigenvalue weighted by Crippen LogP contribution is 2.21. The number of aryl methyl sites for hydroxylation is 1. The SMILES string of the molecule is CCc1nn(-c2ccc(F)cc2)c(CC)c1C(=O)NCc1ccco1. The number of hydrogen-bond acceptors (Lipinski definition) is 3. The number of carbonyl (C=O) groups is 1. The molecule has 0 spiro atoms. The average molecular weight is 341 g/mol. The number of nitrogens with zero attached hydrogens (tertiary/aromatic N) is 2. The molecule has 2 aromatic heterocycles. The molecule has 2 heterocycles. The molecule has 0 atom stereocenters. The fourth-order valence-electron chi connectivity index (χ4n) is 2.80. The molecule has 0 unspecified atom stereocenters. The van der Waals surface area contributed by atoms with E-state index < -0.39 is 0 Å². The van der Waals surface area contributed by atoms with Crippen molar-refractivity contribution < 1.29 is 13.6 Å². The van der Waals surface area contributed by atoms with Crippen LogP contribution in [0.5, 0.6) is 0 Å². The molecule has 25 heavy (non-hydrogen) atoms. The third-order valence-electron chi connectivity index (χ3n) is 4.02. The van der Waals surface area contributed by atoms with Crippen LogP contribution in [0.3, 0.4) is 0 Å². The van der Waals surface area contributed by atoms with Gasteiger partial charge in [0.15, 0.2) is 0 Å². The Labute approximate surface area is 145 Å². The van der Waals surface area contributed by atoms with Crippen molar-refractivity contribution in [3.8, 4) is 5.69 Å². The lowest BCUT2D eigenvalue weighted by molar-refractivity contribution is 0.0946. The van der Waals surface area contributed by atoms with Crippen molar-refractivity contribution in [2.24, 2.45) is 0 Å². The number of rotatable bonds is 6. The van der Waals surface area contributed by atoms with E-state index in [4.69, 9.17) is 4.42 Å². The lowest BCUT2D eigenvalue weighted by atomic mass is 10.1. The summed E-state index contributed by atoms with van der Waals surface area (Å²) in [5.41, 5.74) is 2.84. The van der Waals surface area contributed by atoms with Gasteiger partial charge >= 0.3 is 0 Å². The summed E-state index contributed by atoms with van der Waals surface area (Å²) in [5.74, 6) is 0.204. The van der Waals surface area contributed by atoms with Gasteiger partial charge in [-0.25, -0.2) is 9.07 Å². The van der Waals surface area contributed by atoms with Gasteiger partial charge in [0.2, 0.25) is 0 Å². The van der Waals surface area contributed by atoms with Gasteiger partial charge in [-0.3, -0.25) is 4.79 Å². The van der Waals surface area contributed by atoms with E-state index in [2.05, 4.69) is 10.4 Å². The van der Waals surface area contributed by atoms with Crippen molar-refractivity contribution in [2.75, 3.05) is 0 Å². The molecule has 1 N–H and O–H groups in total. The highest BCUT2D eigenvalue weighted by atomic mass is 19.1. The van der Waals surface area contributed by atoms with Gasteiger partial charge in [0.25, 0.3) is 5.91 Å². The number of carbonyl (C=O) groups excluding carboxylic acids is 1. The molecule has 3 rings (SSSR count). The number of aromatic nitrogens is 2. The molecule has 1 amide bonds. The predicted octanol–water partition coefficient (Wildman–Crippen LogP) is 3.66. The Morgan fingerprint density at radius 1 is 1.20 bits per heavy atom. The van der Waals surface area contributed by atoms with Crippen LogP contribution in [0, 0.1) is 5.82 Å². The third-order valence-corrected chi connectivity index (χ3v) is 4.02. The van der Waals surface area contributed by atoms with Crippen LogP contribution in [0.25, 0.3) is 5.69 Å². The highest BCUT2D eigenvalue weighted by Gasteiger charge is 2.22. The van der Waals surface area contributed by atoms with Crippen LogP contribution < -0.4 is 5.32 Å². The van der Waals surface area contributed by atoms with E-state index >= 15 is 0 Å². The van der Waals surface area contributed by atoms with Gasteiger partial charge in [-0.05, 0) is 49.2 Å². The van der Waals surface area contributed by atoms with Crippen molar-refractivity contribution >= 4 is 5.91 Å². The van der Waals surface area contributed by atoms with E-state index in [-0.39, 0.29) is 11.7 Å². The van der Waals surface area contributed by atoms with Gasteiger partial charge in [0.05, 0.1) is 35.4 Å². The second-order valence-corrected chi connectivity index (χ2v) is 5.63. The quantitative estimate of drug-likeness (QED) is 0.744. The minimum absolute atomic E-state index is 0.182. The molecule has 0 bridgehead atoms. The minimum atomic E-state index is -0.305. The van der Waals surface area contributed by atoms with E-state index in [1.54, 1.807) is 29.1 Å². The van der Waals surface area contributed by atoms with Crippen molar-refractivity contribution in [3.05, 3.63) is 71.2 Å². The van der Waals surface area contributed by atoms with Gasteiger partial charge in [-0.15, -0.1) is 0 Å². The molecule has 6 heteroatoms. The standard InChI is InChI=1S/C19H20FN3O2/c1-3-16-18(19(24)21-12-15-6-5-11-25-15)17(4-2)23(22-16)14-9-7-13(20)8-10-14/h5-11H,3-4,12H2,1-2H3,(H,21,24). The first kappa shape index (κ1) is 17.0. The smallest absolute Gasteiger partial charge is 0.255 e. The fraction of sp³-hybridized carbons (Fsp3) is 0.263. The summed E-state index contributed by atoms with van der Waals surface area (Å²) >= 11 is 0. The zero-order valence-corrected chi connectivity index (χ0v) is 14.3. The topological polar surface area (TPSA) is 60.1 Å². The minimum Gasteiger partial charge on any atom is -0.467 e. The second kappa shape index (κ2) is 7.34. The van der Waals surface area contributed by atoms with Crippen molar-refractivity contribution in [1.82, 2.24) is 15.1 Å². The predicted molar refractivity (Wildman–Crippen MR) is 92.2 cm³/mol. The summed E-state index contributed by atoms with van der Waals surface area (Å²) in [6.45, 7) is 4.25. The van der Waals surface area contributed by atoms with E-state index in [1.807, 2.05) is 19.9 Å². The van der Waals surface area contributed by atoms with Crippen LogP contribution in [0.1, 0.15) is 41.4 Å². The number of benzene rings is 1. The molecule has 3 aromatic rings. The summed E-state index contributed by atoms with van der Waals surface area (Å²) < 4.78 is 20.2. The lowest BCUT2D eigenvalue weighted by Crippen LogP contribution is -2.24. The Morgan fingerprint density at radius 3 is 2.56 bits per heavy atom. The summed E-state index contributed by atoms with van der Waals surface area (Å²) in [7, 11) is 0. The normalized spacial score (nSPS) is 10.8. The molecular formula is C19H20FN3O2. The molecule has 0 radical (unpaired) electrons. The Kier molecular flexibility index (Phi) is 4.97. The number of halogens is 1. The largest absolute Gasteiger partial charge is 0.467 e. The first-order chi connectivity index (χ1) is 12.1. The Balaban J connectivity index is 1.94. The van der Waals surface area contributed by atoms with Crippen molar-refractivity contribution in [1.29, 1.82) is 0 Å². The van der Waals surface area contributed by atoms with Crippen LogP contribution in [-0.4, -0.2) is 15.7 Å². The van der Waals surface area contributed by atoms with Crippen molar-refractivity contribution in [3.63, 3.8) is 0 Å². The molecule has 0 saturated heterocycles. The van der Waals surface area contributed by atoms with Gasteiger partial charge in [0, 0.05) is 0 Å². The molecule has 130 valence electrons. The monoisotopic (exact) mass is 341 g/mol. The van der Waals surface area contributed by atoms with Gasteiger partial charge < -0.3 is 9.73 Å². The van der Waals surface area contributed by atoms with Crippen LogP contribution in [0.15, 0.2) is 47.1 Å². The summed E-state index contributed by atoms with van der Waals surface area (Å²) in [6.07, 6.45) is 2.83. The van der Waals surface area contributed by atoms with Crippen LogP contribution >= 0.6 is 0 Å². The van der Waals surface area contributed by atoms with Gasteiger partial charge in [-0.2, -0.15) is 5.10 Å². The van der Waals surface area contributed by atoms with Gasteiger partial charge in [0.1, 0.15) is 11.6 Å². The fourth-order valence-corrected chi connectivity index (χ4v) is 2.80. The van der Waals surface area contributed by atoms with Crippen LogP contribution in [0.4, 0.5) is 4.39 Å². The van der Waals surface area contributed by atoms with E-state index in [0.717, 1.165) is 17.1 Å². The van der Waals surface area contributed by atoms with E-state index in [1.165, 1.54) is 12.1 Å². The van der Waals surface area contributed by atoms with Crippen LogP contribution in [0.2, 0.25) is 0 Å². The molecule has 0 aliphatic carbocycles.